The maximum Gasteiger partial charge on any atom is 0.187 e. The van der Waals surface area contributed by atoms with Gasteiger partial charge in [0, 0.05) is 5.41 Å². The average Bonchev–Trinajstić information content (AvgIpc) is 2.96. The Hall–Kier alpha value is -0.960. The zero-order valence-electron chi connectivity index (χ0n) is 26.4. The summed E-state index contributed by atoms with van der Waals surface area (Å²) in [7, 11) is 0. The molecule has 11 heteroatoms. The Bertz CT molecular complexity index is 1000. The van der Waals surface area contributed by atoms with Gasteiger partial charge in [-0.3, -0.25) is 0 Å². The summed E-state index contributed by atoms with van der Waals surface area (Å²) in [5, 5.41) is 73.2. The molecule has 16 atom stereocenters. The molecule has 7 N–H and O–H groups in total. The fraction of sp³-hybridized carbons (Fsp3) is 0.875. The zero-order valence-corrected chi connectivity index (χ0v) is 26.4. The van der Waals surface area contributed by atoms with E-state index in [4.69, 9.17) is 18.9 Å². The lowest BCUT2D eigenvalue weighted by Gasteiger charge is -2.61. The summed E-state index contributed by atoms with van der Waals surface area (Å²) in [5.41, 5.74) is -0.196. The van der Waals surface area contributed by atoms with Crippen LogP contribution in [0.2, 0.25) is 0 Å². The number of rotatable bonds is 9. The van der Waals surface area contributed by atoms with Crippen LogP contribution in [0.3, 0.4) is 0 Å². The van der Waals surface area contributed by atoms with Crippen molar-refractivity contribution in [1.82, 2.24) is 0 Å². The largest absolute Gasteiger partial charge is 0.394 e. The minimum absolute atomic E-state index is 0.0830. The predicted octanol–water partition coefficient (Wildman–Crippen LogP) is 1.15. The van der Waals surface area contributed by atoms with E-state index in [1.54, 1.807) is 19.9 Å². The van der Waals surface area contributed by atoms with E-state index >= 15 is 0 Å². The lowest BCUT2D eigenvalue weighted by atomic mass is 9.45. The van der Waals surface area contributed by atoms with E-state index in [-0.39, 0.29) is 28.8 Å². The van der Waals surface area contributed by atoms with Gasteiger partial charge in [0.15, 0.2) is 12.6 Å². The first kappa shape index (κ1) is 34.9. The maximum atomic E-state index is 11.2. The van der Waals surface area contributed by atoms with Crippen molar-refractivity contribution in [3.63, 3.8) is 0 Å². The SMILES string of the molecule is C=CC(C)(O)CCC1(C)C(C)CC(OC2OC(C)C(OC3OC(CO)C(O)C(O)C3O)C(O)C2O)C2(C)C(C)=CCCC12. The van der Waals surface area contributed by atoms with Crippen LogP contribution in [0.4, 0.5) is 0 Å². The number of allylic oxidation sites excluding steroid dienone is 1. The molecule has 0 aromatic rings. The molecule has 0 aromatic carbocycles. The molecule has 0 radical (unpaired) electrons. The molecular formula is C32H54O11. The van der Waals surface area contributed by atoms with E-state index in [0.717, 1.165) is 19.3 Å². The van der Waals surface area contributed by atoms with Gasteiger partial charge in [0.2, 0.25) is 0 Å². The van der Waals surface area contributed by atoms with Gasteiger partial charge in [-0.15, -0.1) is 6.58 Å². The number of hydrogen-bond acceptors (Lipinski definition) is 11. The molecule has 2 aliphatic carbocycles. The lowest BCUT2D eigenvalue weighted by Crippen LogP contribution is -2.65. The maximum absolute atomic E-state index is 11.2. The van der Waals surface area contributed by atoms with Crippen LogP contribution < -0.4 is 0 Å². The molecule has 0 spiro atoms. The summed E-state index contributed by atoms with van der Waals surface area (Å²) in [6.45, 7) is 15.5. The molecule has 0 aromatic heterocycles. The van der Waals surface area contributed by atoms with Crippen LogP contribution in [0.25, 0.3) is 0 Å². The van der Waals surface area contributed by atoms with E-state index < -0.39 is 73.6 Å². The van der Waals surface area contributed by atoms with E-state index in [0.29, 0.717) is 12.8 Å². The third-order valence-corrected chi connectivity index (χ3v) is 11.5. The molecule has 16 unspecified atom stereocenters. The number of aliphatic hydroxyl groups excluding tert-OH is 6. The van der Waals surface area contributed by atoms with Crippen LogP contribution in [-0.2, 0) is 18.9 Å². The van der Waals surface area contributed by atoms with Crippen LogP contribution in [0.5, 0.6) is 0 Å². The fourth-order valence-electron chi connectivity index (χ4n) is 7.98. The summed E-state index contributed by atoms with van der Waals surface area (Å²) in [6.07, 6.45) is -6.07. The van der Waals surface area contributed by atoms with Crippen molar-refractivity contribution in [3.05, 3.63) is 24.3 Å². The first-order chi connectivity index (χ1) is 20.0. The summed E-state index contributed by atoms with van der Waals surface area (Å²) >= 11 is 0. The monoisotopic (exact) mass is 614 g/mol. The molecule has 2 saturated heterocycles. The molecule has 4 rings (SSSR count). The average molecular weight is 615 g/mol. The normalized spacial score (nSPS) is 50.3. The highest BCUT2D eigenvalue weighted by atomic mass is 16.7. The van der Waals surface area contributed by atoms with Gasteiger partial charge in [0.1, 0.15) is 42.7 Å². The lowest BCUT2D eigenvalue weighted by molar-refractivity contribution is -0.364. The number of fused-ring (bicyclic) bond motifs is 1. The first-order valence-electron chi connectivity index (χ1n) is 15.7. The van der Waals surface area contributed by atoms with Crippen molar-refractivity contribution in [2.75, 3.05) is 6.61 Å². The minimum atomic E-state index is -1.66. The molecule has 1 saturated carbocycles. The molecule has 0 bridgehead atoms. The topological polar surface area (TPSA) is 179 Å². The van der Waals surface area contributed by atoms with Gasteiger partial charge >= 0.3 is 0 Å². The third kappa shape index (κ3) is 6.38. The van der Waals surface area contributed by atoms with E-state index in [1.165, 1.54) is 5.57 Å². The second-order valence-corrected chi connectivity index (χ2v) is 14.1. The van der Waals surface area contributed by atoms with Crippen LogP contribution >= 0.6 is 0 Å². The van der Waals surface area contributed by atoms with Crippen LogP contribution in [0.1, 0.15) is 73.6 Å². The summed E-state index contributed by atoms with van der Waals surface area (Å²) in [6, 6.07) is 0. The van der Waals surface area contributed by atoms with Crippen molar-refractivity contribution in [3.8, 4) is 0 Å². The second kappa shape index (κ2) is 13.0. The molecular weight excluding hydrogens is 560 g/mol. The molecule has 248 valence electrons. The Morgan fingerprint density at radius 2 is 1.63 bits per heavy atom. The third-order valence-electron chi connectivity index (χ3n) is 11.5. The molecule has 2 aliphatic heterocycles. The highest BCUT2D eigenvalue weighted by Gasteiger charge is 2.59. The highest BCUT2D eigenvalue weighted by Crippen LogP contribution is 2.63. The van der Waals surface area contributed by atoms with Gasteiger partial charge < -0.3 is 54.7 Å². The van der Waals surface area contributed by atoms with Gasteiger partial charge in [-0.05, 0) is 70.1 Å². The van der Waals surface area contributed by atoms with Crippen molar-refractivity contribution in [1.29, 1.82) is 0 Å². The van der Waals surface area contributed by atoms with E-state index in [9.17, 15) is 35.7 Å². The Balaban J connectivity index is 1.51. The number of hydrogen-bond donors (Lipinski definition) is 7. The highest BCUT2D eigenvalue weighted by molar-refractivity contribution is 5.24. The van der Waals surface area contributed by atoms with Crippen LogP contribution in [0, 0.1) is 22.7 Å². The fourth-order valence-corrected chi connectivity index (χ4v) is 7.98. The van der Waals surface area contributed by atoms with Crippen molar-refractivity contribution < 1.29 is 54.7 Å². The first-order valence-corrected chi connectivity index (χ1v) is 15.7. The van der Waals surface area contributed by atoms with Crippen molar-refractivity contribution in [2.45, 2.75) is 147 Å². The van der Waals surface area contributed by atoms with Crippen LogP contribution in [-0.4, -0.2) is 115 Å². The Morgan fingerprint density at radius 3 is 2.26 bits per heavy atom. The van der Waals surface area contributed by atoms with Gasteiger partial charge in [-0.2, -0.15) is 0 Å². The van der Waals surface area contributed by atoms with Gasteiger partial charge in [0.05, 0.1) is 24.4 Å². The Kier molecular flexibility index (Phi) is 10.6. The summed E-state index contributed by atoms with van der Waals surface area (Å²) < 4.78 is 23.9. The quantitative estimate of drug-likeness (QED) is 0.185. The van der Waals surface area contributed by atoms with Crippen molar-refractivity contribution in [2.24, 2.45) is 22.7 Å². The standard InChI is InChI=1S/C32H54O11/c1-8-30(5,39)12-13-31(6)17(3)14-21(32(7)16(2)10-9-11-20(31)32)42-28-26(38)24(36)27(18(4)40-28)43-29-25(37)23(35)22(34)19(15-33)41-29/h8,10,17-29,33-39H,1,9,11-15H2,2-7H3. The molecule has 3 fully saturated rings. The molecule has 11 nitrogen and oxygen atoms in total. The van der Waals surface area contributed by atoms with Gasteiger partial charge in [-0.25, -0.2) is 0 Å². The Labute approximate surface area is 255 Å². The summed E-state index contributed by atoms with van der Waals surface area (Å²) in [4.78, 5) is 0. The smallest absolute Gasteiger partial charge is 0.187 e. The van der Waals surface area contributed by atoms with Gasteiger partial charge in [-0.1, -0.05) is 38.5 Å². The zero-order chi connectivity index (χ0) is 32.1. The van der Waals surface area contributed by atoms with Crippen LogP contribution in [0.15, 0.2) is 24.3 Å². The van der Waals surface area contributed by atoms with Gasteiger partial charge in [0.25, 0.3) is 0 Å². The molecule has 2 heterocycles. The minimum Gasteiger partial charge on any atom is -0.394 e. The molecule has 0 amide bonds. The second-order valence-electron chi connectivity index (χ2n) is 14.1. The van der Waals surface area contributed by atoms with E-state index in [2.05, 4.69) is 40.3 Å². The Morgan fingerprint density at radius 1 is 1.00 bits per heavy atom. The predicted molar refractivity (Wildman–Crippen MR) is 156 cm³/mol. The molecule has 43 heavy (non-hydrogen) atoms. The van der Waals surface area contributed by atoms with Crippen molar-refractivity contribution >= 4 is 0 Å². The number of ether oxygens (including phenoxy) is 4. The summed E-state index contributed by atoms with van der Waals surface area (Å²) in [5.74, 6) is 0.470. The molecule has 4 aliphatic rings. The number of aliphatic hydroxyl groups is 7. The van der Waals surface area contributed by atoms with E-state index in [1.807, 2.05) is 0 Å².